The maximum absolute atomic E-state index is 11.6. The molecule has 0 spiro atoms. The Kier molecular flexibility index (Phi) is 9.92. The summed E-state index contributed by atoms with van der Waals surface area (Å²) in [5.74, 6) is 0.338. The highest BCUT2D eigenvalue weighted by atomic mass is 32.2. The Morgan fingerprint density at radius 1 is 1.00 bits per heavy atom. The predicted octanol–water partition coefficient (Wildman–Crippen LogP) is 3.73. The lowest BCUT2D eigenvalue weighted by Crippen LogP contribution is -2.60. The molecule has 172 valence electrons. The van der Waals surface area contributed by atoms with Gasteiger partial charge >= 0.3 is 0 Å². The monoisotopic (exact) mass is 458 g/mol. The van der Waals surface area contributed by atoms with Crippen LogP contribution in [0.2, 0.25) is 0 Å². The van der Waals surface area contributed by atoms with E-state index in [-0.39, 0.29) is 18.3 Å². The van der Waals surface area contributed by atoms with Crippen LogP contribution in [0.25, 0.3) is 0 Å². The second-order valence-corrected chi connectivity index (χ2v) is 8.68. The molecule has 0 radical (unpaired) electrons. The Hall–Kier alpha value is -2.00. The molecule has 5 unspecified atom stereocenters. The lowest BCUT2D eigenvalue weighted by atomic mass is 9.99. The molecule has 1 aliphatic heterocycles. The van der Waals surface area contributed by atoms with Gasteiger partial charge < -0.3 is 24.1 Å². The van der Waals surface area contributed by atoms with E-state index in [2.05, 4.69) is 6.58 Å². The molecule has 1 fully saturated rings. The normalized spacial score (nSPS) is 25.4. The third-order valence-corrected chi connectivity index (χ3v) is 5.92. The second-order valence-electron chi connectivity index (χ2n) is 7.48. The van der Waals surface area contributed by atoms with Crippen LogP contribution in [0.15, 0.2) is 73.3 Å². The Balaban J connectivity index is 1.76. The fourth-order valence-electron chi connectivity index (χ4n) is 3.44. The number of benzene rings is 2. The van der Waals surface area contributed by atoms with Crippen molar-refractivity contribution >= 4 is 16.9 Å². The number of hydrogen-bond acceptors (Lipinski definition) is 7. The van der Waals surface area contributed by atoms with Gasteiger partial charge in [-0.15, -0.1) is 6.58 Å². The van der Waals surface area contributed by atoms with E-state index in [4.69, 9.17) is 18.9 Å². The van der Waals surface area contributed by atoms with Crippen molar-refractivity contribution in [1.29, 1.82) is 0 Å². The lowest BCUT2D eigenvalue weighted by molar-refractivity contribution is -0.308. The Morgan fingerprint density at radius 2 is 1.56 bits per heavy atom. The van der Waals surface area contributed by atoms with Crippen LogP contribution in [0.1, 0.15) is 18.1 Å². The topological polar surface area (TPSA) is 74.2 Å². The highest BCUT2D eigenvalue weighted by Crippen LogP contribution is 2.30. The number of thioether (sulfide) groups is 1. The van der Waals surface area contributed by atoms with Crippen molar-refractivity contribution in [2.24, 2.45) is 0 Å². The first-order valence-corrected chi connectivity index (χ1v) is 11.6. The van der Waals surface area contributed by atoms with Gasteiger partial charge in [-0.25, -0.2) is 0 Å². The summed E-state index contributed by atoms with van der Waals surface area (Å²) in [5.41, 5.74) is 1.95. The van der Waals surface area contributed by atoms with Crippen LogP contribution in [0.4, 0.5) is 0 Å². The largest absolute Gasteiger partial charge is 0.387 e. The number of carbonyl (C=O) groups excluding carboxylic acids is 1. The molecule has 0 amide bonds. The van der Waals surface area contributed by atoms with Crippen molar-refractivity contribution in [2.75, 3.05) is 12.4 Å². The number of aliphatic hydroxyl groups excluding tert-OH is 1. The molecule has 1 aliphatic rings. The summed E-state index contributed by atoms with van der Waals surface area (Å²) in [7, 11) is 0. The molecule has 1 N–H and O–H groups in total. The molecular formula is C25H30O6S. The summed E-state index contributed by atoms with van der Waals surface area (Å²) in [4.78, 5) is 11.6. The fourth-order valence-corrected chi connectivity index (χ4v) is 4.11. The number of rotatable bonds is 11. The molecule has 2 aromatic carbocycles. The van der Waals surface area contributed by atoms with E-state index in [9.17, 15) is 9.90 Å². The first kappa shape index (κ1) is 24.6. The molecule has 0 saturated carbocycles. The maximum atomic E-state index is 11.6. The summed E-state index contributed by atoms with van der Waals surface area (Å²) in [6.45, 7) is 6.02. The number of hydrogen-bond donors (Lipinski definition) is 1. The molecule has 3 rings (SSSR count). The maximum Gasteiger partial charge on any atom is 0.187 e. The van der Waals surface area contributed by atoms with E-state index in [1.165, 1.54) is 6.92 Å². The Bertz CT molecular complexity index is 831. The van der Waals surface area contributed by atoms with Gasteiger partial charge in [0.2, 0.25) is 0 Å². The van der Waals surface area contributed by atoms with Crippen molar-refractivity contribution in [3.05, 3.63) is 84.4 Å². The Labute approximate surface area is 193 Å². The third kappa shape index (κ3) is 7.27. The molecule has 6 nitrogen and oxygen atoms in total. The van der Waals surface area contributed by atoms with E-state index < -0.39 is 30.7 Å². The van der Waals surface area contributed by atoms with Gasteiger partial charge in [-0.1, -0.05) is 78.5 Å². The lowest BCUT2D eigenvalue weighted by Gasteiger charge is -2.44. The highest BCUT2D eigenvalue weighted by Gasteiger charge is 2.47. The minimum Gasteiger partial charge on any atom is -0.387 e. The minimum atomic E-state index is -1.01. The third-order valence-electron chi connectivity index (χ3n) is 5.02. The molecular weight excluding hydrogens is 428 g/mol. The first-order valence-electron chi connectivity index (χ1n) is 10.6. The van der Waals surface area contributed by atoms with E-state index in [0.29, 0.717) is 12.4 Å². The van der Waals surface area contributed by atoms with Gasteiger partial charge in [0.25, 0.3) is 0 Å². The number of aliphatic hydroxyl groups is 1. The van der Waals surface area contributed by atoms with E-state index >= 15 is 0 Å². The van der Waals surface area contributed by atoms with Crippen molar-refractivity contribution in [2.45, 2.75) is 50.8 Å². The van der Waals surface area contributed by atoms with Crippen LogP contribution in [0, 0.1) is 0 Å². The molecule has 0 bridgehead atoms. The standard InChI is InChI=1S/C25H30O6S/c1-3-14-28-25-24(30-16-20-12-8-5-9-13-20)22(27)23(21(31-25)17-32-18(2)26)29-15-19-10-6-4-7-11-19/h3-13,21-25,27H,1,14-17H2,2H3. The molecule has 32 heavy (non-hydrogen) atoms. The summed E-state index contributed by atoms with van der Waals surface area (Å²) < 4.78 is 24.1. The number of ether oxygens (including phenoxy) is 4. The van der Waals surface area contributed by atoms with Gasteiger partial charge in [-0.2, -0.15) is 0 Å². The van der Waals surface area contributed by atoms with Crippen LogP contribution >= 0.6 is 11.8 Å². The van der Waals surface area contributed by atoms with Gasteiger partial charge in [0, 0.05) is 12.7 Å². The van der Waals surface area contributed by atoms with Crippen LogP contribution in [0.3, 0.4) is 0 Å². The van der Waals surface area contributed by atoms with Crippen LogP contribution in [-0.4, -0.2) is 53.3 Å². The fraction of sp³-hybridized carbons (Fsp3) is 0.400. The molecule has 7 heteroatoms. The van der Waals surface area contributed by atoms with Crippen LogP contribution in [-0.2, 0) is 37.0 Å². The zero-order valence-electron chi connectivity index (χ0n) is 18.2. The van der Waals surface area contributed by atoms with Crippen LogP contribution in [0.5, 0.6) is 0 Å². The predicted molar refractivity (Wildman–Crippen MR) is 124 cm³/mol. The molecule has 5 atom stereocenters. The average molecular weight is 459 g/mol. The SMILES string of the molecule is C=CCOC1OC(CSC(C)=O)C(OCc2ccccc2)C(O)C1OCc1ccccc1. The van der Waals surface area contributed by atoms with Gasteiger partial charge in [0.05, 0.1) is 25.9 Å². The summed E-state index contributed by atoms with van der Waals surface area (Å²) >= 11 is 1.13. The smallest absolute Gasteiger partial charge is 0.187 e. The first-order chi connectivity index (χ1) is 15.6. The zero-order valence-corrected chi connectivity index (χ0v) is 19.0. The van der Waals surface area contributed by atoms with E-state index in [1.807, 2.05) is 60.7 Å². The van der Waals surface area contributed by atoms with Gasteiger partial charge in [-0.05, 0) is 11.1 Å². The van der Waals surface area contributed by atoms with Crippen molar-refractivity contribution in [3.8, 4) is 0 Å². The molecule has 1 saturated heterocycles. The highest BCUT2D eigenvalue weighted by molar-refractivity contribution is 8.13. The summed E-state index contributed by atoms with van der Waals surface area (Å²) in [5, 5.41) is 11.2. The van der Waals surface area contributed by atoms with Crippen molar-refractivity contribution in [3.63, 3.8) is 0 Å². The van der Waals surface area contributed by atoms with Crippen molar-refractivity contribution < 1.29 is 28.8 Å². The van der Waals surface area contributed by atoms with Crippen molar-refractivity contribution in [1.82, 2.24) is 0 Å². The van der Waals surface area contributed by atoms with Gasteiger partial charge in [0.1, 0.15) is 18.3 Å². The van der Waals surface area contributed by atoms with Gasteiger partial charge in [-0.3, -0.25) is 4.79 Å². The van der Waals surface area contributed by atoms with Crippen LogP contribution < -0.4 is 0 Å². The summed E-state index contributed by atoms with van der Waals surface area (Å²) in [6.07, 6.45) is -2.22. The van der Waals surface area contributed by atoms with Gasteiger partial charge in [0.15, 0.2) is 11.4 Å². The molecule has 0 aliphatic carbocycles. The summed E-state index contributed by atoms with van der Waals surface area (Å²) in [6, 6.07) is 19.4. The molecule has 1 heterocycles. The second kappa shape index (κ2) is 12.9. The zero-order chi connectivity index (χ0) is 22.8. The minimum absolute atomic E-state index is 0.0316. The Morgan fingerprint density at radius 3 is 2.09 bits per heavy atom. The van der Waals surface area contributed by atoms with E-state index in [0.717, 1.165) is 22.9 Å². The molecule has 0 aromatic heterocycles. The van der Waals surface area contributed by atoms with E-state index in [1.54, 1.807) is 6.08 Å². The molecule has 2 aromatic rings. The number of carbonyl (C=O) groups is 1. The quantitative estimate of drug-likeness (QED) is 0.515. The average Bonchev–Trinajstić information content (AvgIpc) is 2.81.